The van der Waals surface area contributed by atoms with E-state index in [1.807, 2.05) is 0 Å². The van der Waals surface area contributed by atoms with Crippen molar-refractivity contribution in [2.75, 3.05) is 6.61 Å². The predicted octanol–water partition coefficient (Wildman–Crippen LogP) is -0.665. The summed E-state index contributed by atoms with van der Waals surface area (Å²) >= 11 is 0. The second kappa shape index (κ2) is 2.24. The van der Waals surface area contributed by atoms with Crippen LogP contribution in [0.1, 0.15) is 6.42 Å². The van der Waals surface area contributed by atoms with Gasteiger partial charge in [0.05, 0.1) is 12.7 Å². The Hall–Kier alpha value is -0.410. The van der Waals surface area contributed by atoms with Crippen LogP contribution in [0.4, 0.5) is 0 Å². The van der Waals surface area contributed by atoms with E-state index in [0.29, 0.717) is 19.3 Å². The van der Waals surface area contributed by atoms with E-state index in [9.17, 15) is 4.79 Å². The van der Waals surface area contributed by atoms with Crippen LogP contribution in [0.5, 0.6) is 0 Å². The molecule has 2 atom stereocenters. The summed E-state index contributed by atoms with van der Waals surface area (Å²) < 4.78 is 4.80. The molecule has 0 radical (unpaired) electrons. The molecule has 0 bridgehead atoms. The molecule has 0 aromatic carbocycles. The molecule has 0 aromatic heterocycles. The molecule has 0 aliphatic carbocycles. The first-order chi connectivity index (χ1) is 3.84. The normalized spacial score (nSPS) is 37.6. The van der Waals surface area contributed by atoms with Gasteiger partial charge in [0.2, 0.25) is 0 Å². The minimum atomic E-state index is -0.563. The molecule has 1 unspecified atom stereocenters. The summed E-state index contributed by atoms with van der Waals surface area (Å²) in [6.45, 7) is 0.505. The van der Waals surface area contributed by atoms with Crippen LogP contribution in [-0.2, 0) is 9.53 Å². The van der Waals surface area contributed by atoms with Gasteiger partial charge < -0.3 is 14.6 Å². The summed E-state index contributed by atoms with van der Waals surface area (Å²) in [5.74, 6) is 0. The molecule has 1 fully saturated rings. The highest BCUT2D eigenvalue weighted by Gasteiger charge is 2.24. The molecule has 0 amide bonds. The number of hydrogen-bond donors (Lipinski definition) is 1. The Balaban J connectivity index is 2.41. The first kappa shape index (κ1) is 5.72. The van der Waals surface area contributed by atoms with Gasteiger partial charge in [0.1, 0.15) is 6.10 Å². The molecule has 1 aliphatic heterocycles. The molecule has 0 aromatic rings. The molecule has 1 heterocycles. The van der Waals surface area contributed by atoms with E-state index in [4.69, 9.17) is 9.84 Å². The molecule has 0 spiro atoms. The molecule has 46 valence electrons. The zero-order chi connectivity index (χ0) is 5.98. The van der Waals surface area contributed by atoms with Crippen molar-refractivity contribution in [2.45, 2.75) is 18.6 Å². The van der Waals surface area contributed by atoms with Gasteiger partial charge in [0.15, 0.2) is 6.29 Å². The average Bonchev–Trinajstić information content (AvgIpc) is 2.14. The lowest BCUT2D eigenvalue weighted by Gasteiger charge is -2.02. The number of ether oxygens (including phenoxy) is 1. The van der Waals surface area contributed by atoms with Crippen LogP contribution in [0, 0.1) is 0 Å². The summed E-state index contributed by atoms with van der Waals surface area (Å²) in [6, 6.07) is 0. The molecular formula is C5H8O3. The number of aliphatic hydroxyl groups is 1. The zero-order valence-corrected chi connectivity index (χ0v) is 4.41. The third kappa shape index (κ3) is 0.877. The van der Waals surface area contributed by atoms with E-state index < -0.39 is 12.2 Å². The Bertz CT molecular complexity index is 91.7. The fraction of sp³-hybridized carbons (Fsp3) is 0.800. The number of rotatable bonds is 1. The first-order valence-electron chi connectivity index (χ1n) is 2.59. The quantitative estimate of drug-likeness (QED) is 0.462. The van der Waals surface area contributed by atoms with Gasteiger partial charge in [0, 0.05) is 0 Å². The number of aliphatic hydroxyl groups excluding tert-OH is 1. The molecule has 1 N–H and O–H groups in total. The van der Waals surface area contributed by atoms with Crippen molar-refractivity contribution < 1.29 is 14.6 Å². The Labute approximate surface area is 47.3 Å². The van der Waals surface area contributed by atoms with Crippen LogP contribution in [0.2, 0.25) is 0 Å². The van der Waals surface area contributed by atoms with Crippen LogP contribution >= 0.6 is 0 Å². The number of aldehydes is 1. The SMILES string of the molecule is O=CC1OCC[C@@H]1O. The third-order valence-electron chi connectivity index (χ3n) is 1.24. The van der Waals surface area contributed by atoms with E-state index in [0.717, 1.165) is 0 Å². The Kier molecular flexibility index (Phi) is 1.60. The first-order valence-corrected chi connectivity index (χ1v) is 2.59. The average molecular weight is 116 g/mol. The molecule has 8 heavy (non-hydrogen) atoms. The molecule has 1 saturated heterocycles. The summed E-state index contributed by atoms with van der Waals surface area (Å²) in [7, 11) is 0. The van der Waals surface area contributed by atoms with Crippen molar-refractivity contribution in [2.24, 2.45) is 0 Å². The van der Waals surface area contributed by atoms with Crippen molar-refractivity contribution >= 4 is 6.29 Å². The van der Waals surface area contributed by atoms with Gasteiger partial charge in [-0.2, -0.15) is 0 Å². The Morgan fingerprint density at radius 2 is 2.50 bits per heavy atom. The monoisotopic (exact) mass is 116 g/mol. The maximum Gasteiger partial charge on any atom is 0.151 e. The minimum absolute atomic E-state index is 0.505. The number of carbonyl (C=O) groups excluding carboxylic acids is 1. The van der Waals surface area contributed by atoms with Crippen LogP contribution in [0.3, 0.4) is 0 Å². The van der Waals surface area contributed by atoms with Gasteiger partial charge in [0.25, 0.3) is 0 Å². The molecule has 3 nitrogen and oxygen atoms in total. The Morgan fingerprint density at radius 3 is 2.75 bits per heavy atom. The van der Waals surface area contributed by atoms with Crippen molar-refractivity contribution in [1.82, 2.24) is 0 Å². The van der Waals surface area contributed by atoms with Gasteiger partial charge >= 0.3 is 0 Å². The second-order valence-electron chi connectivity index (χ2n) is 1.83. The molecule has 1 aliphatic rings. The highest BCUT2D eigenvalue weighted by molar-refractivity contribution is 5.57. The van der Waals surface area contributed by atoms with E-state index in [1.165, 1.54) is 0 Å². The maximum absolute atomic E-state index is 9.93. The molecule has 0 saturated carbocycles. The standard InChI is InChI=1S/C5H8O3/c6-3-5-4(7)1-2-8-5/h3-5,7H,1-2H2/t4-,5?/m0/s1. The van der Waals surface area contributed by atoms with Crippen LogP contribution in [0.25, 0.3) is 0 Å². The van der Waals surface area contributed by atoms with E-state index in [-0.39, 0.29) is 0 Å². The van der Waals surface area contributed by atoms with Crippen molar-refractivity contribution in [3.63, 3.8) is 0 Å². The number of hydrogen-bond acceptors (Lipinski definition) is 3. The fourth-order valence-electron chi connectivity index (χ4n) is 0.730. The van der Waals surface area contributed by atoms with Gasteiger partial charge in [-0.25, -0.2) is 0 Å². The van der Waals surface area contributed by atoms with E-state index in [1.54, 1.807) is 0 Å². The van der Waals surface area contributed by atoms with Crippen LogP contribution in [0.15, 0.2) is 0 Å². The highest BCUT2D eigenvalue weighted by Crippen LogP contribution is 2.09. The van der Waals surface area contributed by atoms with Crippen LogP contribution < -0.4 is 0 Å². The van der Waals surface area contributed by atoms with E-state index in [2.05, 4.69) is 0 Å². The van der Waals surface area contributed by atoms with Crippen molar-refractivity contribution in [3.05, 3.63) is 0 Å². The maximum atomic E-state index is 9.93. The predicted molar refractivity (Wildman–Crippen MR) is 26.4 cm³/mol. The van der Waals surface area contributed by atoms with Crippen molar-refractivity contribution in [1.29, 1.82) is 0 Å². The minimum Gasteiger partial charge on any atom is -0.390 e. The topological polar surface area (TPSA) is 46.5 Å². The lowest BCUT2D eigenvalue weighted by Crippen LogP contribution is -2.21. The van der Waals surface area contributed by atoms with Crippen molar-refractivity contribution in [3.8, 4) is 0 Å². The third-order valence-corrected chi connectivity index (χ3v) is 1.24. The molecule has 3 heteroatoms. The van der Waals surface area contributed by atoms with Gasteiger partial charge in [-0.15, -0.1) is 0 Å². The van der Waals surface area contributed by atoms with Gasteiger partial charge in [-0.05, 0) is 6.42 Å². The Morgan fingerprint density at radius 1 is 1.75 bits per heavy atom. The number of carbonyl (C=O) groups is 1. The lowest BCUT2D eigenvalue weighted by atomic mass is 10.2. The molecular weight excluding hydrogens is 108 g/mol. The zero-order valence-electron chi connectivity index (χ0n) is 4.41. The van der Waals surface area contributed by atoms with Gasteiger partial charge in [-0.1, -0.05) is 0 Å². The van der Waals surface area contributed by atoms with E-state index >= 15 is 0 Å². The largest absolute Gasteiger partial charge is 0.390 e. The van der Waals surface area contributed by atoms with Gasteiger partial charge in [-0.3, -0.25) is 0 Å². The second-order valence-corrected chi connectivity index (χ2v) is 1.83. The fourth-order valence-corrected chi connectivity index (χ4v) is 0.730. The van der Waals surface area contributed by atoms with Crippen LogP contribution in [-0.4, -0.2) is 30.2 Å². The summed E-state index contributed by atoms with van der Waals surface area (Å²) in [5.41, 5.74) is 0. The summed E-state index contributed by atoms with van der Waals surface area (Å²) in [4.78, 5) is 9.93. The lowest BCUT2D eigenvalue weighted by molar-refractivity contribution is -0.118. The summed E-state index contributed by atoms with van der Waals surface area (Å²) in [5, 5.41) is 8.83. The summed E-state index contributed by atoms with van der Waals surface area (Å²) in [6.07, 6.45) is 0.101. The molecule has 1 rings (SSSR count). The highest BCUT2D eigenvalue weighted by atomic mass is 16.5. The smallest absolute Gasteiger partial charge is 0.151 e.